The van der Waals surface area contributed by atoms with Crippen LogP contribution in [0.5, 0.6) is 0 Å². The minimum Gasteiger partial charge on any atom is -0.388 e. The normalized spacial score (nSPS) is 12.7. The van der Waals surface area contributed by atoms with Gasteiger partial charge in [-0.1, -0.05) is 61.3 Å². The highest BCUT2D eigenvalue weighted by molar-refractivity contribution is 7.77. The third-order valence-electron chi connectivity index (χ3n) is 4.94. The van der Waals surface area contributed by atoms with Gasteiger partial charge in [-0.3, -0.25) is 0 Å². The summed E-state index contributed by atoms with van der Waals surface area (Å²) in [5, 5.41) is 9.24. The number of fused-ring (bicyclic) bond motifs is 1. The van der Waals surface area contributed by atoms with Crippen molar-refractivity contribution in [1.29, 1.82) is 0 Å². The van der Waals surface area contributed by atoms with E-state index in [1.807, 2.05) is 18.2 Å². The van der Waals surface area contributed by atoms with Gasteiger partial charge < -0.3 is 16.0 Å². The molecule has 0 atom stereocenters. The van der Waals surface area contributed by atoms with Gasteiger partial charge in [-0.05, 0) is 67.2 Å². The predicted molar refractivity (Wildman–Crippen MR) is 164 cm³/mol. The maximum atomic E-state index is 13.1. The van der Waals surface area contributed by atoms with Crippen LogP contribution < -0.4 is 16.0 Å². The Morgan fingerprint density at radius 3 is 2.15 bits per heavy atom. The molecule has 0 saturated carbocycles. The lowest BCUT2D eigenvalue weighted by molar-refractivity contribution is -0.137. The van der Waals surface area contributed by atoms with Crippen LogP contribution in [0.2, 0.25) is 5.28 Å². The topological polar surface area (TPSA) is 65.1 Å². The van der Waals surface area contributed by atoms with E-state index in [9.17, 15) is 13.2 Å². The minimum atomic E-state index is -4.41. The van der Waals surface area contributed by atoms with Crippen LogP contribution >= 0.6 is 24.4 Å². The van der Waals surface area contributed by atoms with Crippen LogP contribution in [0.4, 0.5) is 24.7 Å². The molecule has 2 heterocycles. The largest absolute Gasteiger partial charge is 0.416 e. The summed E-state index contributed by atoms with van der Waals surface area (Å²) in [4.78, 5) is 8.43. The van der Waals surface area contributed by atoms with Crippen LogP contribution in [0.3, 0.4) is 0 Å². The fourth-order valence-corrected chi connectivity index (χ4v) is 3.71. The second-order valence-corrected chi connectivity index (χ2v) is 10.3. The molecule has 3 N–H and O–H groups in total. The Bertz CT molecular complexity index is 937. The molecule has 3 rings (SSSR count). The van der Waals surface area contributed by atoms with Crippen molar-refractivity contribution in [3.63, 3.8) is 0 Å². The zero-order chi connectivity index (χ0) is 30.0. The molecule has 0 spiro atoms. The molecule has 0 unspecified atom stereocenters. The van der Waals surface area contributed by atoms with E-state index in [1.165, 1.54) is 25.9 Å². The van der Waals surface area contributed by atoms with E-state index in [2.05, 4.69) is 73.4 Å². The Hall–Kier alpha value is -1.75. The standard InChI is InChI=1S/C16H17ClF3N5S.C6H15N.C4H10.C2H6/c1-21-11-5-9(4-10(6-11)16(18,19)20)7-22-14-12-8-25(26)3-2-13(12)23-15(17)24-14;1-3-5-7-6-4-2;1-4(2)3;1-2/h4-6,21,26H,2-3,7-8H2,1H3,(H,22,23,24);7H,3-6H2,1-2H3;4H,1-3H3;1-2H3. The maximum absolute atomic E-state index is 13.1. The number of halogens is 4. The second kappa shape index (κ2) is 20.2. The van der Waals surface area contributed by atoms with E-state index in [-0.39, 0.29) is 11.8 Å². The van der Waals surface area contributed by atoms with E-state index in [4.69, 9.17) is 11.6 Å². The molecule has 6 nitrogen and oxygen atoms in total. The van der Waals surface area contributed by atoms with Gasteiger partial charge in [0.2, 0.25) is 5.28 Å². The van der Waals surface area contributed by atoms with Crippen molar-refractivity contribution in [3.05, 3.63) is 45.9 Å². The van der Waals surface area contributed by atoms with E-state index < -0.39 is 11.7 Å². The molecule has 224 valence electrons. The van der Waals surface area contributed by atoms with Gasteiger partial charge >= 0.3 is 6.18 Å². The summed E-state index contributed by atoms with van der Waals surface area (Å²) >= 11 is 10.3. The fraction of sp³-hybridized carbons (Fsp3) is 0.643. The van der Waals surface area contributed by atoms with Crippen LogP contribution in [0.25, 0.3) is 0 Å². The Morgan fingerprint density at radius 1 is 1.05 bits per heavy atom. The SMILES string of the molecule is CC.CC(C)C.CCCNCCC.CNc1cc(CNc2nc(Cl)nc3c2CN(S)CC3)cc(C(F)(F)F)c1. The molecule has 11 heteroatoms. The van der Waals surface area contributed by atoms with Gasteiger partial charge in [0.05, 0.1) is 11.3 Å². The van der Waals surface area contributed by atoms with Gasteiger partial charge in [0, 0.05) is 44.4 Å². The van der Waals surface area contributed by atoms with Gasteiger partial charge in [0.15, 0.2) is 0 Å². The summed E-state index contributed by atoms with van der Waals surface area (Å²) in [7, 11) is 1.58. The summed E-state index contributed by atoms with van der Waals surface area (Å²) in [6.45, 7) is 18.7. The van der Waals surface area contributed by atoms with Gasteiger partial charge in [0.1, 0.15) is 5.82 Å². The predicted octanol–water partition coefficient (Wildman–Crippen LogP) is 8.09. The van der Waals surface area contributed by atoms with Crippen molar-refractivity contribution in [2.24, 2.45) is 5.92 Å². The van der Waals surface area contributed by atoms with Crippen LogP contribution in [-0.2, 0) is 25.7 Å². The fourth-order valence-electron chi connectivity index (χ4n) is 3.28. The molecule has 0 saturated heterocycles. The van der Waals surface area contributed by atoms with Crippen LogP contribution in [-0.4, -0.2) is 41.0 Å². The number of hydrogen-bond donors (Lipinski definition) is 4. The van der Waals surface area contributed by atoms with Crippen molar-refractivity contribution in [1.82, 2.24) is 19.6 Å². The summed E-state index contributed by atoms with van der Waals surface area (Å²) in [6.07, 6.45) is -1.23. The number of rotatable bonds is 8. The molecule has 0 bridgehead atoms. The summed E-state index contributed by atoms with van der Waals surface area (Å²) in [5.41, 5.74) is 1.85. The third-order valence-corrected chi connectivity index (χ3v) is 5.45. The van der Waals surface area contributed by atoms with Gasteiger partial charge in [-0.2, -0.15) is 13.2 Å². The zero-order valence-corrected chi connectivity index (χ0v) is 26.4. The number of nitrogens with zero attached hydrogens (tertiary/aromatic N) is 3. The molecule has 0 radical (unpaired) electrons. The molecule has 39 heavy (non-hydrogen) atoms. The first-order chi connectivity index (χ1) is 18.4. The monoisotopic (exact) mass is 592 g/mol. The van der Waals surface area contributed by atoms with E-state index in [0.717, 1.165) is 35.9 Å². The van der Waals surface area contributed by atoms with Crippen LogP contribution in [0, 0.1) is 5.92 Å². The Balaban J connectivity index is 0.000000933. The molecule has 1 aromatic carbocycles. The minimum absolute atomic E-state index is 0.110. The first-order valence-electron chi connectivity index (χ1n) is 13.7. The number of hydrogen-bond acceptors (Lipinski definition) is 7. The lowest BCUT2D eigenvalue weighted by atomic mass is 10.1. The van der Waals surface area contributed by atoms with E-state index in [1.54, 1.807) is 13.1 Å². The van der Waals surface area contributed by atoms with Crippen molar-refractivity contribution in [2.75, 3.05) is 37.3 Å². The molecule has 0 fully saturated rings. The maximum Gasteiger partial charge on any atom is 0.416 e. The number of alkyl halides is 3. The van der Waals surface area contributed by atoms with Crippen LogP contribution in [0.1, 0.15) is 83.7 Å². The summed E-state index contributed by atoms with van der Waals surface area (Å²) in [6, 6.07) is 3.85. The Kier molecular flexibility index (Phi) is 19.3. The van der Waals surface area contributed by atoms with Crippen molar-refractivity contribution in [2.45, 2.75) is 87.0 Å². The highest BCUT2D eigenvalue weighted by Gasteiger charge is 2.31. The average Bonchev–Trinajstić information content (AvgIpc) is 2.88. The first kappa shape index (κ1) is 37.2. The Morgan fingerprint density at radius 2 is 1.64 bits per heavy atom. The van der Waals surface area contributed by atoms with Crippen molar-refractivity contribution < 1.29 is 13.2 Å². The lowest BCUT2D eigenvalue weighted by Crippen LogP contribution is -2.25. The third kappa shape index (κ3) is 15.6. The Labute approximate surface area is 244 Å². The number of nitrogens with one attached hydrogen (secondary N) is 3. The number of anilines is 2. The van der Waals surface area contributed by atoms with Crippen molar-refractivity contribution >= 4 is 35.9 Å². The molecular weight excluding hydrogens is 545 g/mol. The van der Waals surface area contributed by atoms with Crippen molar-refractivity contribution in [3.8, 4) is 0 Å². The number of thiol groups is 1. The smallest absolute Gasteiger partial charge is 0.388 e. The first-order valence-corrected chi connectivity index (χ1v) is 14.5. The molecule has 1 aliphatic rings. The molecule has 2 aromatic rings. The van der Waals surface area contributed by atoms with Gasteiger partial charge in [-0.25, -0.2) is 14.3 Å². The van der Waals surface area contributed by atoms with Gasteiger partial charge in [0.25, 0.3) is 0 Å². The second-order valence-electron chi connectivity index (χ2n) is 9.41. The average molecular weight is 593 g/mol. The molecule has 0 aliphatic carbocycles. The summed E-state index contributed by atoms with van der Waals surface area (Å²) in [5.74, 6) is 1.35. The highest BCUT2D eigenvalue weighted by atomic mass is 35.5. The molecule has 0 amide bonds. The number of aromatic nitrogens is 2. The molecule has 1 aliphatic heterocycles. The lowest BCUT2D eigenvalue weighted by Gasteiger charge is -2.25. The van der Waals surface area contributed by atoms with E-state index >= 15 is 0 Å². The molecule has 1 aromatic heterocycles. The van der Waals surface area contributed by atoms with Crippen LogP contribution in [0.15, 0.2) is 18.2 Å². The quantitative estimate of drug-likeness (QED) is 0.141. The number of benzene rings is 1. The molecular formula is C28H48ClF3N6S. The van der Waals surface area contributed by atoms with Gasteiger partial charge in [-0.15, -0.1) is 0 Å². The summed E-state index contributed by atoms with van der Waals surface area (Å²) < 4.78 is 41.0. The van der Waals surface area contributed by atoms with E-state index in [0.29, 0.717) is 30.0 Å². The highest BCUT2D eigenvalue weighted by Crippen LogP contribution is 2.32. The zero-order valence-electron chi connectivity index (χ0n) is 24.8.